The summed E-state index contributed by atoms with van der Waals surface area (Å²) in [6, 6.07) is 40.5. The molecule has 0 saturated heterocycles. The first-order valence-corrected chi connectivity index (χ1v) is 11.5. The van der Waals surface area contributed by atoms with E-state index in [9.17, 15) is 0 Å². The number of halogens is 1. The van der Waals surface area contributed by atoms with Gasteiger partial charge < -0.3 is 4.74 Å². The first-order chi connectivity index (χ1) is 16.3. The van der Waals surface area contributed by atoms with Crippen molar-refractivity contribution in [1.82, 2.24) is 0 Å². The molecule has 0 unspecified atom stereocenters. The van der Waals surface area contributed by atoms with E-state index in [-0.39, 0.29) is 0 Å². The number of hydrogen-bond donors (Lipinski definition) is 0. The summed E-state index contributed by atoms with van der Waals surface area (Å²) in [7, 11) is 0. The Morgan fingerprint density at radius 2 is 1.06 bits per heavy atom. The van der Waals surface area contributed by atoms with Gasteiger partial charge in [0.05, 0.1) is 5.41 Å². The van der Waals surface area contributed by atoms with Gasteiger partial charge >= 0.3 is 0 Å². The molecule has 1 aliphatic heterocycles. The van der Waals surface area contributed by atoms with Crippen LogP contribution in [0.25, 0.3) is 22.3 Å². The van der Waals surface area contributed by atoms with Crippen LogP contribution < -0.4 is 4.74 Å². The molecule has 1 aliphatic carbocycles. The second-order valence-electron chi connectivity index (χ2n) is 8.66. The van der Waals surface area contributed by atoms with Gasteiger partial charge in [-0.05, 0) is 63.7 Å². The minimum absolute atomic E-state index is 0.449. The first kappa shape index (κ1) is 18.7. The zero-order valence-corrected chi connectivity index (χ0v) is 18.5. The van der Waals surface area contributed by atoms with E-state index in [1.54, 1.807) is 0 Å². The van der Waals surface area contributed by atoms with E-state index in [1.165, 1.54) is 44.5 Å². The summed E-state index contributed by atoms with van der Waals surface area (Å²) in [6.45, 7) is 0. The maximum Gasteiger partial charge on any atom is 0.132 e. The predicted molar refractivity (Wildman–Crippen MR) is 134 cm³/mol. The molecule has 0 bridgehead atoms. The Kier molecular flexibility index (Phi) is 3.88. The molecule has 1 heterocycles. The van der Waals surface area contributed by atoms with Crippen molar-refractivity contribution in [1.29, 1.82) is 0 Å². The molecule has 7 rings (SSSR count). The lowest BCUT2D eigenvalue weighted by molar-refractivity contribution is 0.436. The van der Waals surface area contributed by atoms with Crippen LogP contribution in [-0.2, 0) is 5.41 Å². The van der Waals surface area contributed by atoms with Gasteiger partial charge in [-0.1, -0.05) is 96.5 Å². The van der Waals surface area contributed by atoms with Crippen molar-refractivity contribution in [2.45, 2.75) is 5.41 Å². The number of rotatable bonds is 1. The van der Waals surface area contributed by atoms with Gasteiger partial charge in [0, 0.05) is 16.1 Å². The molecule has 0 atom stereocenters. The molecule has 0 amide bonds. The molecule has 2 heteroatoms. The third-order valence-electron chi connectivity index (χ3n) is 7.01. The highest BCUT2D eigenvalue weighted by molar-refractivity contribution is 6.31. The van der Waals surface area contributed by atoms with Gasteiger partial charge in [0.1, 0.15) is 11.5 Å². The Morgan fingerprint density at radius 3 is 1.76 bits per heavy atom. The van der Waals surface area contributed by atoms with Crippen LogP contribution in [0.3, 0.4) is 0 Å². The van der Waals surface area contributed by atoms with Gasteiger partial charge in [-0.25, -0.2) is 0 Å². The van der Waals surface area contributed by atoms with Gasteiger partial charge in [-0.3, -0.25) is 0 Å². The van der Waals surface area contributed by atoms with Crippen LogP contribution in [0.2, 0.25) is 5.02 Å². The van der Waals surface area contributed by atoms with Crippen LogP contribution in [0, 0.1) is 0 Å². The van der Waals surface area contributed by atoms with Gasteiger partial charge in [0.2, 0.25) is 0 Å². The Labute approximate surface area is 197 Å². The van der Waals surface area contributed by atoms with Crippen LogP contribution in [-0.4, -0.2) is 0 Å². The van der Waals surface area contributed by atoms with Gasteiger partial charge in [-0.15, -0.1) is 0 Å². The Balaban J connectivity index is 1.62. The molecule has 156 valence electrons. The number of hydrogen-bond acceptors (Lipinski definition) is 1. The summed E-state index contributed by atoms with van der Waals surface area (Å²) in [4.78, 5) is 0. The normalized spacial score (nSPS) is 14.1. The molecule has 0 fully saturated rings. The minimum atomic E-state index is -0.449. The summed E-state index contributed by atoms with van der Waals surface area (Å²) in [5.74, 6) is 1.80. The van der Waals surface area contributed by atoms with E-state index in [4.69, 9.17) is 16.3 Å². The minimum Gasteiger partial charge on any atom is -0.457 e. The van der Waals surface area contributed by atoms with Crippen molar-refractivity contribution < 1.29 is 4.74 Å². The lowest BCUT2D eigenvalue weighted by atomic mass is 9.66. The van der Waals surface area contributed by atoms with Crippen molar-refractivity contribution in [2.24, 2.45) is 0 Å². The lowest BCUT2D eigenvalue weighted by Gasteiger charge is -2.39. The van der Waals surface area contributed by atoms with E-state index in [2.05, 4.69) is 97.1 Å². The van der Waals surface area contributed by atoms with Crippen LogP contribution in [0.1, 0.15) is 22.3 Å². The smallest absolute Gasteiger partial charge is 0.132 e. The largest absolute Gasteiger partial charge is 0.457 e. The van der Waals surface area contributed by atoms with Crippen molar-refractivity contribution in [3.8, 4) is 33.8 Å². The van der Waals surface area contributed by atoms with Gasteiger partial charge in [-0.2, -0.15) is 0 Å². The van der Waals surface area contributed by atoms with E-state index in [0.717, 1.165) is 16.5 Å². The molecule has 33 heavy (non-hydrogen) atoms. The Morgan fingerprint density at radius 1 is 0.485 bits per heavy atom. The van der Waals surface area contributed by atoms with Crippen molar-refractivity contribution in [2.75, 3.05) is 0 Å². The first-order valence-electron chi connectivity index (χ1n) is 11.1. The van der Waals surface area contributed by atoms with Gasteiger partial charge in [0.15, 0.2) is 0 Å². The number of para-hydroxylation sites is 2. The Hall–Kier alpha value is -3.81. The number of ether oxygens (including phenoxy) is 1. The van der Waals surface area contributed by atoms with Gasteiger partial charge in [0.25, 0.3) is 0 Å². The summed E-state index contributed by atoms with van der Waals surface area (Å²) in [6.07, 6.45) is 0. The van der Waals surface area contributed by atoms with E-state index >= 15 is 0 Å². The standard InChI is InChI=1S/C31H19ClO/c32-22-15-17-26-24(19-22)23-18-21(20-8-2-1-3-9-20)14-16-25(23)31(26)27-10-4-6-12-29(27)33-30-13-7-5-11-28(30)31/h1-19H. The molecule has 1 nitrogen and oxygen atoms in total. The summed E-state index contributed by atoms with van der Waals surface area (Å²) in [5, 5.41) is 0.746. The fraction of sp³-hybridized carbons (Fsp3) is 0.0323. The van der Waals surface area contributed by atoms with Crippen molar-refractivity contribution in [3.63, 3.8) is 0 Å². The number of fused-ring (bicyclic) bond motifs is 9. The zero-order valence-electron chi connectivity index (χ0n) is 17.8. The fourth-order valence-electron chi connectivity index (χ4n) is 5.69. The van der Waals surface area contributed by atoms with Crippen LogP contribution >= 0.6 is 11.6 Å². The molecule has 5 aromatic carbocycles. The van der Waals surface area contributed by atoms with E-state index in [0.29, 0.717) is 0 Å². The second-order valence-corrected chi connectivity index (χ2v) is 9.10. The van der Waals surface area contributed by atoms with Crippen LogP contribution in [0.4, 0.5) is 0 Å². The van der Waals surface area contributed by atoms with Crippen molar-refractivity contribution >= 4 is 11.6 Å². The summed E-state index contributed by atoms with van der Waals surface area (Å²) >= 11 is 6.55. The fourth-order valence-corrected chi connectivity index (χ4v) is 5.86. The molecule has 0 saturated carbocycles. The molecule has 0 N–H and O–H groups in total. The zero-order chi connectivity index (χ0) is 22.0. The van der Waals surface area contributed by atoms with Crippen LogP contribution in [0.5, 0.6) is 11.5 Å². The highest BCUT2D eigenvalue weighted by atomic mass is 35.5. The SMILES string of the molecule is Clc1ccc2c(c1)-c1cc(-c3ccccc3)ccc1C21c2ccccc2Oc2ccccc21. The topological polar surface area (TPSA) is 9.23 Å². The molecule has 2 aliphatic rings. The van der Waals surface area contributed by atoms with Crippen LogP contribution in [0.15, 0.2) is 115 Å². The van der Waals surface area contributed by atoms with E-state index in [1.807, 2.05) is 18.2 Å². The molecule has 5 aromatic rings. The summed E-state index contributed by atoms with van der Waals surface area (Å²) < 4.78 is 6.38. The highest BCUT2D eigenvalue weighted by Gasteiger charge is 2.51. The highest BCUT2D eigenvalue weighted by Crippen LogP contribution is 2.62. The van der Waals surface area contributed by atoms with E-state index < -0.39 is 5.41 Å². The second kappa shape index (κ2) is 6.84. The predicted octanol–water partition coefficient (Wildman–Crippen LogP) is 8.48. The molecule has 0 radical (unpaired) electrons. The summed E-state index contributed by atoms with van der Waals surface area (Å²) in [5.41, 5.74) is 9.20. The third-order valence-corrected chi connectivity index (χ3v) is 7.24. The molecule has 0 aromatic heterocycles. The monoisotopic (exact) mass is 442 g/mol. The maximum absolute atomic E-state index is 6.55. The average molecular weight is 443 g/mol. The average Bonchev–Trinajstić information content (AvgIpc) is 3.14. The quantitative estimate of drug-likeness (QED) is 0.247. The molecular weight excluding hydrogens is 424 g/mol. The number of benzene rings is 5. The molecule has 1 spiro atoms. The lowest BCUT2D eigenvalue weighted by Crippen LogP contribution is -2.32. The molecular formula is C31H19ClO. The third kappa shape index (κ3) is 2.49. The maximum atomic E-state index is 6.55. The Bertz CT molecular complexity index is 1510. The van der Waals surface area contributed by atoms with Crippen molar-refractivity contribution in [3.05, 3.63) is 143 Å².